The highest BCUT2D eigenvalue weighted by Crippen LogP contribution is 2.27. The molecular weight excluding hydrogens is 267 g/mol. The molecule has 0 aromatic carbocycles. The van der Waals surface area contributed by atoms with Gasteiger partial charge in [-0.05, 0) is 0 Å². The van der Waals surface area contributed by atoms with Gasteiger partial charge in [-0.25, -0.2) is 0 Å². The van der Waals surface area contributed by atoms with E-state index in [1.165, 1.54) is 0 Å². The van der Waals surface area contributed by atoms with Gasteiger partial charge in [0.1, 0.15) is 0 Å². The van der Waals surface area contributed by atoms with Gasteiger partial charge in [-0.3, -0.25) is 4.79 Å². The predicted molar refractivity (Wildman–Crippen MR) is 63.9 cm³/mol. The Morgan fingerprint density at radius 2 is 2.29 bits per heavy atom. The van der Waals surface area contributed by atoms with Crippen LogP contribution in [0.2, 0.25) is 0 Å². The Labute approximate surface area is 99.2 Å². The highest BCUT2D eigenvalue weighted by atomic mass is 79.9. The molecule has 1 aliphatic rings. The molecule has 2 N–H and O–H groups in total. The minimum absolute atomic E-state index is 0. The van der Waals surface area contributed by atoms with E-state index in [0.29, 0.717) is 6.54 Å². The van der Waals surface area contributed by atoms with Crippen LogP contribution < -0.4 is 10.6 Å². The van der Waals surface area contributed by atoms with E-state index in [2.05, 4.69) is 47.0 Å². The van der Waals surface area contributed by atoms with Gasteiger partial charge in [-0.2, -0.15) is 0 Å². The highest BCUT2D eigenvalue weighted by Gasteiger charge is 2.42. The maximum atomic E-state index is 11.5. The standard InChI is InChI=1S/C9H15BrN2O.ClH/c1-6(10)4-11-8(13)7-9(2,3)5-12-7;/h7,12H,1,4-5H2,2-3H3,(H,11,13);1H. The number of hydrogen-bond donors (Lipinski definition) is 2. The second-order valence-corrected chi connectivity index (χ2v) is 5.16. The van der Waals surface area contributed by atoms with Gasteiger partial charge in [0, 0.05) is 23.0 Å². The molecule has 3 nitrogen and oxygen atoms in total. The third-order valence-electron chi connectivity index (χ3n) is 2.26. The van der Waals surface area contributed by atoms with Crippen molar-refractivity contribution in [2.45, 2.75) is 19.9 Å². The number of amides is 1. The molecule has 1 rings (SSSR count). The van der Waals surface area contributed by atoms with Crippen molar-refractivity contribution >= 4 is 34.2 Å². The first-order chi connectivity index (χ1) is 5.93. The highest BCUT2D eigenvalue weighted by molar-refractivity contribution is 9.11. The molecule has 1 amide bonds. The number of carbonyl (C=O) groups excluding carboxylic acids is 1. The number of hydrogen-bond acceptors (Lipinski definition) is 2. The maximum Gasteiger partial charge on any atom is 0.238 e. The summed E-state index contributed by atoms with van der Waals surface area (Å²) in [6, 6.07) is -0.0562. The SMILES string of the molecule is C=C(Br)CNC(=O)C1NCC1(C)C.Cl. The molecule has 14 heavy (non-hydrogen) atoms. The van der Waals surface area contributed by atoms with Crippen LogP contribution >= 0.6 is 28.3 Å². The number of nitrogens with one attached hydrogen (secondary N) is 2. The van der Waals surface area contributed by atoms with E-state index in [1.807, 2.05) is 0 Å². The lowest BCUT2D eigenvalue weighted by atomic mass is 9.77. The second-order valence-electron chi connectivity index (χ2n) is 4.04. The molecule has 0 aromatic rings. The summed E-state index contributed by atoms with van der Waals surface area (Å²) in [5, 5.41) is 5.89. The number of carbonyl (C=O) groups is 1. The van der Waals surface area contributed by atoms with Crippen LogP contribution in [0.15, 0.2) is 11.1 Å². The summed E-state index contributed by atoms with van der Waals surface area (Å²) in [7, 11) is 0. The molecule has 0 bridgehead atoms. The van der Waals surface area contributed by atoms with Crippen molar-refractivity contribution in [3.63, 3.8) is 0 Å². The molecule has 0 saturated carbocycles. The normalized spacial score (nSPS) is 22.9. The third kappa shape index (κ3) is 3.26. The van der Waals surface area contributed by atoms with Crippen molar-refractivity contribution in [3.05, 3.63) is 11.1 Å². The summed E-state index contributed by atoms with van der Waals surface area (Å²) < 4.78 is 0.790. The van der Waals surface area contributed by atoms with Gasteiger partial charge in [0.05, 0.1) is 6.04 Å². The quantitative estimate of drug-likeness (QED) is 0.823. The smallest absolute Gasteiger partial charge is 0.238 e. The average Bonchev–Trinajstić information content (AvgIpc) is 1.99. The lowest BCUT2D eigenvalue weighted by Crippen LogP contribution is -2.65. The second kappa shape index (κ2) is 5.14. The van der Waals surface area contributed by atoms with Gasteiger partial charge in [0.2, 0.25) is 5.91 Å². The molecule has 0 radical (unpaired) electrons. The predicted octanol–water partition coefficient (Wildman–Crippen LogP) is 1.43. The van der Waals surface area contributed by atoms with Crippen LogP contribution in [0, 0.1) is 5.41 Å². The van der Waals surface area contributed by atoms with E-state index < -0.39 is 0 Å². The van der Waals surface area contributed by atoms with Crippen molar-refractivity contribution in [2.24, 2.45) is 5.41 Å². The summed E-state index contributed by atoms with van der Waals surface area (Å²) in [5.41, 5.74) is 0.0811. The monoisotopic (exact) mass is 282 g/mol. The zero-order valence-corrected chi connectivity index (χ0v) is 10.8. The van der Waals surface area contributed by atoms with E-state index in [-0.39, 0.29) is 29.8 Å². The van der Waals surface area contributed by atoms with Crippen LogP contribution in [0.3, 0.4) is 0 Å². The van der Waals surface area contributed by atoms with E-state index >= 15 is 0 Å². The Kier molecular flexibility index (Phi) is 5.12. The van der Waals surface area contributed by atoms with Crippen LogP contribution in [0.5, 0.6) is 0 Å². The largest absolute Gasteiger partial charge is 0.350 e. The summed E-state index contributed by atoms with van der Waals surface area (Å²) in [5.74, 6) is 0.0526. The summed E-state index contributed by atoms with van der Waals surface area (Å²) in [6.07, 6.45) is 0. The van der Waals surface area contributed by atoms with Crippen molar-refractivity contribution in [2.75, 3.05) is 13.1 Å². The summed E-state index contributed by atoms with van der Waals surface area (Å²) >= 11 is 3.19. The molecule has 1 unspecified atom stereocenters. The lowest BCUT2D eigenvalue weighted by Gasteiger charge is -2.44. The van der Waals surface area contributed by atoms with Gasteiger partial charge >= 0.3 is 0 Å². The lowest BCUT2D eigenvalue weighted by molar-refractivity contribution is -0.129. The van der Waals surface area contributed by atoms with Crippen LogP contribution in [0.25, 0.3) is 0 Å². The van der Waals surface area contributed by atoms with Crippen molar-refractivity contribution < 1.29 is 4.79 Å². The van der Waals surface area contributed by atoms with Crippen molar-refractivity contribution in [3.8, 4) is 0 Å². The van der Waals surface area contributed by atoms with Crippen LogP contribution in [0.4, 0.5) is 0 Å². The van der Waals surface area contributed by atoms with Crippen molar-refractivity contribution in [1.82, 2.24) is 10.6 Å². The molecule has 1 aliphatic heterocycles. The summed E-state index contributed by atoms with van der Waals surface area (Å²) in [6.45, 7) is 9.20. The molecule has 1 fully saturated rings. The Bertz CT molecular complexity index is 243. The Hall–Kier alpha value is -0.0600. The summed E-state index contributed by atoms with van der Waals surface area (Å²) in [4.78, 5) is 11.5. The maximum absolute atomic E-state index is 11.5. The molecule has 1 heterocycles. The fourth-order valence-electron chi connectivity index (χ4n) is 1.35. The Morgan fingerprint density at radius 1 is 1.71 bits per heavy atom. The van der Waals surface area contributed by atoms with Gasteiger partial charge in [-0.15, -0.1) is 12.4 Å². The first-order valence-electron chi connectivity index (χ1n) is 4.28. The van der Waals surface area contributed by atoms with Gasteiger partial charge in [0.15, 0.2) is 0 Å². The van der Waals surface area contributed by atoms with E-state index in [9.17, 15) is 4.79 Å². The molecule has 0 aromatic heterocycles. The third-order valence-corrected chi connectivity index (χ3v) is 2.54. The van der Waals surface area contributed by atoms with Gasteiger partial charge < -0.3 is 10.6 Å². The Balaban J connectivity index is 0.00000169. The average molecular weight is 284 g/mol. The molecule has 82 valence electrons. The molecule has 1 saturated heterocycles. The van der Waals surface area contributed by atoms with E-state index in [4.69, 9.17) is 0 Å². The first kappa shape index (κ1) is 13.9. The molecular formula is C9H16BrClN2O. The Morgan fingerprint density at radius 3 is 2.57 bits per heavy atom. The zero-order valence-electron chi connectivity index (χ0n) is 8.39. The van der Waals surface area contributed by atoms with Crippen LogP contribution in [-0.4, -0.2) is 25.0 Å². The van der Waals surface area contributed by atoms with Crippen molar-refractivity contribution in [1.29, 1.82) is 0 Å². The minimum atomic E-state index is -0.0562. The number of halogens is 2. The van der Waals surface area contributed by atoms with Crippen LogP contribution in [-0.2, 0) is 4.79 Å². The molecule has 0 aliphatic carbocycles. The number of rotatable bonds is 3. The van der Waals surface area contributed by atoms with E-state index in [0.717, 1.165) is 11.0 Å². The first-order valence-corrected chi connectivity index (χ1v) is 5.07. The molecule has 1 atom stereocenters. The van der Waals surface area contributed by atoms with Gasteiger partial charge in [-0.1, -0.05) is 36.4 Å². The fraction of sp³-hybridized carbons (Fsp3) is 0.667. The van der Waals surface area contributed by atoms with E-state index in [1.54, 1.807) is 0 Å². The molecule has 0 spiro atoms. The fourth-order valence-corrected chi connectivity index (χ4v) is 1.49. The van der Waals surface area contributed by atoms with Crippen LogP contribution in [0.1, 0.15) is 13.8 Å². The van der Waals surface area contributed by atoms with Gasteiger partial charge in [0.25, 0.3) is 0 Å². The molecule has 5 heteroatoms. The topological polar surface area (TPSA) is 41.1 Å². The minimum Gasteiger partial charge on any atom is -0.350 e. The zero-order chi connectivity index (χ0) is 10.1.